The number of thiocyanates is 1. The van der Waals surface area contributed by atoms with Crippen LogP contribution in [0.15, 0.2) is 18.2 Å². The summed E-state index contributed by atoms with van der Waals surface area (Å²) in [6.45, 7) is 1.97. The lowest BCUT2D eigenvalue weighted by molar-refractivity contribution is 1.31. The van der Waals surface area contributed by atoms with Crippen molar-refractivity contribution in [3.05, 3.63) is 34.3 Å². The maximum atomic E-state index is 8.37. The van der Waals surface area contributed by atoms with Crippen LogP contribution in [0.25, 0.3) is 0 Å². The molecule has 0 aromatic heterocycles. The van der Waals surface area contributed by atoms with E-state index in [1.54, 1.807) is 0 Å². The van der Waals surface area contributed by atoms with Crippen molar-refractivity contribution in [3.63, 3.8) is 0 Å². The van der Waals surface area contributed by atoms with Gasteiger partial charge in [-0.2, -0.15) is 5.26 Å². The molecule has 0 atom stereocenters. The van der Waals surface area contributed by atoms with Crippen molar-refractivity contribution in [3.8, 4) is 5.40 Å². The predicted molar refractivity (Wildman–Crippen MR) is 53.1 cm³/mol. The van der Waals surface area contributed by atoms with Gasteiger partial charge in [0.2, 0.25) is 0 Å². The Balaban J connectivity index is 2.86. The minimum absolute atomic E-state index is 0.711. The number of benzene rings is 1. The Morgan fingerprint density at radius 3 is 3.00 bits per heavy atom. The van der Waals surface area contributed by atoms with E-state index in [1.165, 1.54) is 11.8 Å². The molecule has 0 N–H and O–H groups in total. The van der Waals surface area contributed by atoms with Crippen LogP contribution in [0.2, 0.25) is 5.02 Å². The van der Waals surface area contributed by atoms with Crippen LogP contribution in [0.4, 0.5) is 0 Å². The minimum Gasteiger partial charge on any atom is -0.185 e. The molecule has 0 heterocycles. The first-order chi connectivity index (χ1) is 5.75. The van der Waals surface area contributed by atoms with E-state index in [4.69, 9.17) is 16.9 Å². The molecule has 0 amide bonds. The molecule has 0 radical (unpaired) electrons. The van der Waals surface area contributed by atoms with Crippen molar-refractivity contribution in [1.82, 2.24) is 0 Å². The molecular formula is C9H8ClNS. The van der Waals surface area contributed by atoms with Crippen LogP contribution in [-0.2, 0) is 5.75 Å². The zero-order valence-electron chi connectivity index (χ0n) is 6.67. The summed E-state index contributed by atoms with van der Waals surface area (Å²) in [6, 6.07) is 5.76. The SMILES string of the molecule is Cc1c(Cl)cccc1CSC#N. The molecule has 0 aliphatic rings. The first-order valence-electron chi connectivity index (χ1n) is 3.50. The molecule has 3 heteroatoms. The van der Waals surface area contributed by atoms with Crippen LogP contribution >= 0.6 is 23.4 Å². The van der Waals surface area contributed by atoms with Gasteiger partial charge in [-0.3, -0.25) is 0 Å². The molecule has 62 valence electrons. The summed E-state index contributed by atoms with van der Waals surface area (Å²) in [5.74, 6) is 0.711. The summed E-state index contributed by atoms with van der Waals surface area (Å²) in [7, 11) is 0. The van der Waals surface area contributed by atoms with Gasteiger partial charge in [-0.25, -0.2) is 0 Å². The fourth-order valence-electron chi connectivity index (χ4n) is 0.919. The molecule has 0 saturated heterocycles. The highest BCUT2D eigenvalue weighted by molar-refractivity contribution is 8.02. The summed E-state index contributed by atoms with van der Waals surface area (Å²) in [4.78, 5) is 0. The number of hydrogen-bond acceptors (Lipinski definition) is 2. The molecule has 0 saturated carbocycles. The summed E-state index contributed by atoms with van der Waals surface area (Å²) < 4.78 is 0. The summed E-state index contributed by atoms with van der Waals surface area (Å²) in [6.07, 6.45) is 0. The lowest BCUT2D eigenvalue weighted by Crippen LogP contribution is -1.85. The van der Waals surface area contributed by atoms with E-state index in [2.05, 4.69) is 0 Å². The Hall–Kier alpha value is -0.650. The van der Waals surface area contributed by atoms with Crippen LogP contribution in [0.1, 0.15) is 11.1 Å². The standard InChI is InChI=1S/C9H8ClNS/c1-7-8(5-12-6-11)3-2-4-9(7)10/h2-4H,5H2,1H3. The molecule has 0 bridgehead atoms. The second-order valence-corrected chi connectivity index (χ2v) is 3.57. The average Bonchev–Trinajstić information content (AvgIpc) is 2.08. The number of thioether (sulfide) groups is 1. The third-order valence-electron chi connectivity index (χ3n) is 1.67. The number of hydrogen-bond donors (Lipinski definition) is 0. The van der Waals surface area contributed by atoms with Gasteiger partial charge in [0.05, 0.1) is 0 Å². The highest BCUT2D eigenvalue weighted by Gasteiger charge is 2.00. The van der Waals surface area contributed by atoms with Crippen molar-refractivity contribution in [2.75, 3.05) is 0 Å². The smallest absolute Gasteiger partial charge is 0.133 e. The van der Waals surface area contributed by atoms with Gasteiger partial charge in [-0.1, -0.05) is 23.7 Å². The molecule has 0 aliphatic heterocycles. The molecule has 1 aromatic rings. The molecule has 0 unspecified atom stereocenters. The highest BCUT2D eigenvalue weighted by atomic mass is 35.5. The zero-order valence-corrected chi connectivity index (χ0v) is 8.25. The first-order valence-corrected chi connectivity index (χ1v) is 4.87. The Morgan fingerprint density at radius 1 is 1.58 bits per heavy atom. The van der Waals surface area contributed by atoms with E-state index in [-0.39, 0.29) is 0 Å². The van der Waals surface area contributed by atoms with E-state index >= 15 is 0 Å². The third kappa shape index (κ3) is 2.17. The fourth-order valence-corrected chi connectivity index (χ4v) is 1.65. The number of rotatable bonds is 2. The fraction of sp³-hybridized carbons (Fsp3) is 0.222. The maximum Gasteiger partial charge on any atom is 0.133 e. The maximum absolute atomic E-state index is 8.37. The van der Waals surface area contributed by atoms with Gasteiger partial charge < -0.3 is 0 Å². The minimum atomic E-state index is 0.711. The highest BCUT2D eigenvalue weighted by Crippen LogP contribution is 2.21. The Labute approximate surface area is 81.3 Å². The molecule has 0 aliphatic carbocycles. The monoisotopic (exact) mass is 197 g/mol. The van der Waals surface area contributed by atoms with Gasteiger partial charge in [0, 0.05) is 10.8 Å². The topological polar surface area (TPSA) is 23.8 Å². The lowest BCUT2D eigenvalue weighted by Gasteiger charge is -2.03. The Bertz CT molecular complexity index is 317. The third-order valence-corrected chi connectivity index (χ3v) is 2.67. The van der Waals surface area contributed by atoms with Crippen LogP contribution in [0.5, 0.6) is 0 Å². The van der Waals surface area contributed by atoms with Crippen LogP contribution in [0, 0.1) is 17.6 Å². The number of nitriles is 1. The summed E-state index contributed by atoms with van der Waals surface area (Å²) in [5, 5.41) is 11.2. The quantitative estimate of drug-likeness (QED) is 0.679. The van der Waals surface area contributed by atoms with Gasteiger partial charge >= 0.3 is 0 Å². The van der Waals surface area contributed by atoms with Crippen molar-refractivity contribution in [2.24, 2.45) is 0 Å². The second kappa shape index (κ2) is 4.39. The summed E-state index contributed by atoms with van der Waals surface area (Å²) in [5.41, 5.74) is 2.20. The zero-order chi connectivity index (χ0) is 8.97. The number of halogens is 1. The number of nitrogens with zero attached hydrogens (tertiary/aromatic N) is 1. The van der Waals surface area contributed by atoms with Crippen molar-refractivity contribution in [2.45, 2.75) is 12.7 Å². The molecule has 12 heavy (non-hydrogen) atoms. The predicted octanol–water partition coefficient (Wildman–Crippen LogP) is 3.36. The van der Waals surface area contributed by atoms with Crippen molar-refractivity contribution < 1.29 is 0 Å². The lowest BCUT2D eigenvalue weighted by atomic mass is 10.1. The van der Waals surface area contributed by atoms with Gasteiger partial charge in [0.25, 0.3) is 0 Å². The normalized spacial score (nSPS) is 9.42. The van der Waals surface area contributed by atoms with Gasteiger partial charge in [0.15, 0.2) is 0 Å². The average molecular weight is 198 g/mol. The van der Waals surface area contributed by atoms with Crippen LogP contribution in [0.3, 0.4) is 0 Å². The molecule has 1 nitrogen and oxygen atoms in total. The molecular weight excluding hydrogens is 190 g/mol. The van der Waals surface area contributed by atoms with E-state index in [9.17, 15) is 0 Å². The Kier molecular flexibility index (Phi) is 3.46. The van der Waals surface area contributed by atoms with Gasteiger partial charge in [-0.15, -0.1) is 0 Å². The van der Waals surface area contributed by atoms with E-state index in [1.807, 2.05) is 30.5 Å². The van der Waals surface area contributed by atoms with Crippen LogP contribution < -0.4 is 0 Å². The molecule has 1 aromatic carbocycles. The molecule has 0 spiro atoms. The van der Waals surface area contributed by atoms with Gasteiger partial charge in [0.1, 0.15) is 5.40 Å². The van der Waals surface area contributed by atoms with E-state index in [0.29, 0.717) is 5.75 Å². The van der Waals surface area contributed by atoms with Crippen LogP contribution in [-0.4, -0.2) is 0 Å². The van der Waals surface area contributed by atoms with Gasteiger partial charge in [-0.05, 0) is 35.9 Å². The largest absolute Gasteiger partial charge is 0.185 e. The van der Waals surface area contributed by atoms with E-state index in [0.717, 1.165) is 16.1 Å². The molecule has 0 fully saturated rings. The second-order valence-electron chi connectivity index (χ2n) is 2.40. The van der Waals surface area contributed by atoms with Crippen molar-refractivity contribution >= 4 is 23.4 Å². The Morgan fingerprint density at radius 2 is 2.33 bits per heavy atom. The summed E-state index contributed by atoms with van der Waals surface area (Å²) >= 11 is 7.13. The first kappa shape index (κ1) is 9.44. The van der Waals surface area contributed by atoms with E-state index < -0.39 is 0 Å². The van der Waals surface area contributed by atoms with Crippen molar-refractivity contribution in [1.29, 1.82) is 5.26 Å². The molecule has 1 rings (SSSR count).